The fourth-order valence-electron chi connectivity index (χ4n) is 5.76. The van der Waals surface area contributed by atoms with E-state index in [2.05, 4.69) is 45.0 Å². The molecule has 1 fully saturated rings. The minimum atomic E-state index is -2.80. The number of ether oxygens (including phenoxy) is 3. The molecule has 2 N–H and O–H groups in total. The topological polar surface area (TPSA) is 77.4 Å². The van der Waals surface area contributed by atoms with Gasteiger partial charge in [-0.25, -0.2) is 0 Å². The van der Waals surface area contributed by atoms with Crippen molar-refractivity contribution in [3.8, 4) is 11.5 Å². The average molecular weight is 521 g/mol. The molecule has 0 aromatic heterocycles. The predicted octanol–water partition coefficient (Wildman–Crippen LogP) is 3.27. The molecule has 1 saturated heterocycles. The van der Waals surface area contributed by atoms with E-state index < -0.39 is 26.6 Å². The minimum Gasteiger partial charge on any atom is -0.454 e. The van der Waals surface area contributed by atoms with Crippen molar-refractivity contribution in [3.63, 3.8) is 0 Å². The summed E-state index contributed by atoms with van der Waals surface area (Å²) in [6, 6.07) is 26.6. The van der Waals surface area contributed by atoms with Gasteiger partial charge in [-0.15, -0.1) is 0 Å². The van der Waals surface area contributed by atoms with Crippen LogP contribution < -0.4 is 19.8 Å². The molecule has 2 aliphatic rings. The molecule has 2 aliphatic heterocycles. The Morgan fingerprint density at radius 1 is 0.919 bits per heavy atom. The Hall–Kier alpha value is -2.68. The first kappa shape index (κ1) is 25.9. The molecule has 0 unspecified atom stereocenters. The minimum absolute atomic E-state index is 0.183. The molecule has 5 rings (SSSR count). The second-order valence-corrected chi connectivity index (χ2v) is 15.3. The first-order valence-corrected chi connectivity index (χ1v) is 14.8. The van der Waals surface area contributed by atoms with Crippen LogP contribution in [0.3, 0.4) is 0 Å². The maximum absolute atomic E-state index is 11.7. The summed E-state index contributed by atoms with van der Waals surface area (Å²) in [5.41, 5.74) is -0.430. The zero-order valence-electron chi connectivity index (χ0n) is 21.7. The Labute approximate surface area is 219 Å². The third-order valence-corrected chi connectivity index (χ3v) is 12.8. The lowest BCUT2D eigenvalue weighted by molar-refractivity contribution is -0.0991. The van der Waals surface area contributed by atoms with Gasteiger partial charge in [-0.2, -0.15) is 0 Å². The fraction of sp³-hybridized carbons (Fsp3) is 0.400. The second kappa shape index (κ2) is 10.2. The highest BCUT2D eigenvalue weighted by Gasteiger charge is 2.54. The summed E-state index contributed by atoms with van der Waals surface area (Å²) in [7, 11) is -2.80. The maximum Gasteiger partial charge on any atom is 0.261 e. The summed E-state index contributed by atoms with van der Waals surface area (Å²) in [4.78, 5) is 0. The lowest BCUT2D eigenvalue weighted by atomic mass is 9.82. The number of hydrogen-bond donors (Lipinski definition) is 2. The van der Waals surface area contributed by atoms with Crippen LogP contribution in [0.4, 0.5) is 0 Å². The van der Waals surface area contributed by atoms with E-state index in [0.29, 0.717) is 18.8 Å². The lowest BCUT2D eigenvalue weighted by Gasteiger charge is -2.44. The first-order chi connectivity index (χ1) is 17.8. The van der Waals surface area contributed by atoms with Gasteiger partial charge in [0.25, 0.3) is 8.32 Å². The monoisotopic (exact) mass is 520 g/mol. The van der Waals surface area contributed by atoms with E-state index in [9.17, 15) is 10.2 Å². The van der Waals surface area contributed by atoms with Gasteiger partial charge in [0, 0.05) is 5.92 Å². The molecule has 2 heterocycles. The van der Waals surface area contributed by atoms with Crippen LogP contribution in [0.5, 0.6) is 11.5 Å². The number of aliphatic hydroxyl groups is 2. The van der Waals surface area contributed by atoms with Gasteiger partial charge in [-0.3, -0.25) is 0 Å². The Morgan fingerprint density at radius 3 is 2.14 bits per heavy atom. The van der Waals surface area contributed by atoms with Crippen molar-refractivity contribution in [2.75, 3.05) is 26.6 Å². The largest absolute Gasteiger partial charge is 0.454 e. The molecule has 3 aromatic rings. The van der Waals surface area contributed by atoms with Gasteiger partial charge >= 0.3 is 0 Å². The van der Waals surface area contributed by atoms with Crippen LogP contribution in [0.1, 0.15) is 26.3 Å². The summed E-state index contributed by atoms with van der Waals surface area (Å²) < 4.78 is 24.1. The molecule has 3 atom stereocenters. The second-order valence-electron chi connectivity index (χ2n) is 11.0. The summed E-state index contributed by atoms with van der Waals surface area (Å²) in [6.07, 6.45) is -0.109. The van der Waals surface area contributed by atoms with Crippen LogP contribution in [0.15, 0.2) is 78.9 Å². The highest BCUT2D eigenvalue weighted by Crippen LogP contribution is 2.40. The molecule has 0 amide bonds. The molecule has 0 bridgehead atoms. The van der Waals surface area contributed by atoms with Gasteiger partial charge in [0.15, 0.2) is 11.5 Å². The SMILES string of the molecule is CC(C)(C)[Si](OC[C@@H]1OC[C@H](Cc2ccc3c(c2)OCO3)[C@]1(O)CO)(c1ccccc1)c1ccccc1. The Bertz CT molecular complexity index is 1160. The molecule has 0 radical (unpaired) electrons. The van der Waals surface area contributed by atoms with E-state index in [0.717, 1.165) is 21.7 Å². The molecular weight excluding hydrogens is 484 g/mol. The average Bonchev–Trinajstić information content (AvgIpc) is 3.49. The van der Waals surface area contributed by atoms with Crippen molar-refractivity contribution in [1.82, 2.24) is 0 Å². The van der Waals surface area contributed by atoms with Gasteiger partial charge in [0.1, 0.15) is 11.7 Å². The van der Waals surface area contributed by atoms with Gasteiger partial charge in [0.2, 0.25) is 6.79 Å². The van der Waals surface area contributed by atoms with Crippen molar-refractivity contribution in [2.45, 2.75) is 43.9 Å². The van der Waals surface area contributed by atoms with Gasteiger partial charge in [-0.05, 0) is 39.5 Å². The highest BCUT2D eigenvalue weighted by molar-refractivity contribution is 6.99. The summed E-state index contributed by atoms with van der Waals surface area (Å²) >= 11 is 0. The number of rotatable bonds is 8. The molecule has 0 spiro atoms. The van der Waals surface area contributed by atoms with Crippen LogP contribution in [-0.4, -0.2) is 56.8 Å². The van der Waals surface area contributed by atoms with Crippen LogP contribution in [-0.2, 0) is 15.6 Å². The van der Waals surface area contributed by atoms with E-state index in [4.69, 9.17) is 18.6 Å². The van der Waals surface area contributed by atoms with Gasteiger partial charge < -0.3 is 28.8 Å². The molecule has 0 aliphatic carbocycles. The Kier molecular flexibility index (Phi) is 7.17. The number of hydrogen-bond acceptors (Lipinski definition) is 6. The molecule has 3 aromatic carbocycles. The molecular formula is C30H36O6Si. The van der Waals surface area contributed by atoms with Gasteiger partial charge in [0.05, 0.1) is 19.8 Å². The molecule has 6 nitrogen and oxygen atoms in total. The van der Waals surface area contributed by atoms with Crippen molar-refractivity contribution in [1.29, 1.82) is 0 Å². The maximum atomic E-state index is 11.7. The van der Waals surface area contributed by atoms with E-state index >= 15 is 0 Å². The van der Waals surface area contributed by atoms with Crippen LogP contribution in [0, 0.1) is 5.92 Å². The van der Waals surface area contributed by atoms with Gasteiger partial charge in [-0.1, -0.05) is 87.5 Å². The summed E-state index contributed by atoms with van der Waals surface area (Å²) in [6.45, 7) is 6.98. The lowest BCUT2D eigenvalue weighted by Crippen LogP contribution is -2.67. The highest BCUT2D eigenvalue weighted by atomic mass is 28.4. The van der Waals surface area contributed by atoms with E-state index in [1.807, 2.05) is 54.6 Å². The van der Waals surface area contributed by atoms with E-state index in [1.54, 1.807) is 0 Å². The van der Waals surface area contributed by atoms with Crippen molar-refractivity contribution >= 4 is 18.7 Å². The Balaban J connectivity index is 1.42. The van der Waals surface area contributed by atoms with Crippen molar-refractivity contribution in [2.24, 2.45) is 5.92 Å². The smallest absolute Gasteiger partial charge is 0.261 e. The quantitative estimate of drug-likeness (QED) is 0.444. The predicted molar refractivity (Wildman–Crippen MR) is 145 cm³/mol. The third kappa shape index (κ3) is 4.71. The van der Waals surface area contributed by atoms with E-state index in [-0.39, 0.29) is 24.4 Å². The van der Waals surface area contributed by atoms with Crippen molar-refractivity contribution in [3.05, 3.63) is 84.4 Å². The first-order valence-electron chi connectivity index (χ1n) is 12.9. The molecule has 37 heavy (non-hydrogen) atoms. The van der Waals surface area contributed by atoms with E-state index in [1.165, 1.54) is 0 Å². The summed E-state index contributed by atoms with van der Waals surface area (Å²) in [5.74, 6) is 1.14. The number of benzene rings is 3. The van der Waals surface area contributed by atoms with Crippen LogP contribution in [0.2, 0.25) is 5.04 Å². The zero-order valence-corrected chi connectivity index (χ0v) is 22.7. The third-order valence-electron chi connectivity index (χ3n) is 7.80. The van der Waals surface area contributed by atoms with Crippen LogP contribution in [0.25, 0.3) is 0 Å². The number of fused-ring (bicyclic) bond motifs is 1. The molecule has 196 valence electrons. The summed E-state index contributed by atoms with van der Waals surface area (Å²) in [5, 5.41) is 24.3. The fourth-order valence-corrected chi connectivity index (χ4v) is 10.3. The normalized spacial score (nSPS) is 23.4. The molecule has 0 saturated carbocycles. The Morgan fingerprint density at radius 2 is 1.54 bits per heavy atom. The zero-order chi connectivity index (χ0) is 26.1. The van der Waals surface area contributed by atoms with Crippen molar-refractivity contribution < 1.29 is 28.8 Å². The standard InChI is InChI=1S/C30H36O6Si/c1-29(2,3)37(24-10-6-4-7-11-24,25-12-8-5-9-13-25)36-19-28-30(32,20-31)23(18-33-28)16-22-14-15-26-27(17-22)35-21-34-26/h4-15,17,23,28,31-32H,16,18-21H2,1-3H3/t23-,28-,30+/m0/s1. The number of aliphatic hydroxyl groups excluding tert-OH is 1. The molecule has 7 heteroatoms. The van der Waals surface area contributed by atoms with Crippen LogP contribution >= 0.6 is 0 Å².